The summed E-state index contributed by atoms with van der Waals surface area (Å²) in [6.07, 6.45) is 14.5. The molecule has 6 heteroatoms. The quantitative estimate of drug-likeness (QED) is 0.232. The molecule has 186 valence electrons. The van der Waals surface area contributed by atoms with Crippen molar-refractivity contribution in [2.75, 3.05) is 26.5 Å². The standard InChI is InChI=1S/C28H40N2O3S/c1-30(19-31)27(34-16-12-21-5-6-21)29-26-25-17-24(33-15-11-20-3-4-20)8-7-22(25)18-28(26)13-9-23(32-2)10-14-28/h7-8,17,19-21,23,26H,3-6,9-16,18H2,1-2H3. The van der Waals surface area contributed by atoms with Crippen LogP contribution in [0.15, 0.2) is 23.2 Å². The molecule has 4 aliphatic rings. The second-order valence-corrected chi connectivity index (χ2v) is 12.1. The van der Waals surface area contributed by atoms with Gasteiger partial charge in [0.2, 0.25) is 6.41 Å². The van der Waals surface area contributed by atoms with E-state index in [1.54, 1.807) is 16.7 Å². The van der Waals surface area contributed by atoms with Crippen molar-refractivity contribution in [3.8, 4) is 5.75 Å². The lowest BCUT2D eigenvalue weighted by Gasteiger charge is -2.40. The van der Waals surface area contributed by atoms with Crippen LogP contribution in [-0.2, 0) is 16.0 Å². The number of nitrogens with zero attached hydrogens (tertiary/aromatic N) is 2. The third kappa shape index (κ3) is 5.64. The number of aliphatic imine (C=N–C) groups is 1. The van der Waals surface area contributed by atoms with Crippen LogP contribution in [0, 0.1) is 17.3 Å². The molecule has 0 heterocycles. The summed E-state index contributed by atoms with van der Waals surface area (Å²) in [5, 5.41) is 0.863. The lowest BCUT2D eigenvalue weighted by molar-refractivity contribution is -0.113. The van der Waals surface area contributed by atoms with Crippen LogP contribution in [0.5, 0.6) is 5.75 Å². The number of amidine groups is 1. The highest BCUT2D eigenvalue weighted by Gasteiger charge is 2.48. The molecule has 3 saturated carbocycles. The van der Waals surface area contributed by atoms with Crippen LogP contribution in [0.2, 0.25) is 0 Å². The summed E-state index contributed by atoms with van der Waals surface area (Å²) in [6, 6.07) is 6.74. The molecule has 1 aromatic carbocycles. The lowest BCUT2D eigenvalue weighted by atomic mass is 9.69. The SMILES string of the molecule is COC1CCC2(CC1)Cc1ccc(OCCC3CC3)cc1C2N=C(SCCC1CC1)N(C)C=O. The van der Waals surface area contributed by atoms with Gasteiger partial charge in [0, 0.05) is 25.3 Å². The van der Waals surface area contributed by atoms with E-state index in [-0.39, 0.29) is 11.5 Å². The predicted molar refractivity (Wildman–Crippen MR) is 138 cm³/mol. The van der Waals surface area contributed by atoms with Gasteiger partial charge in [-0.1, -0.05) is 43.5 Å². The van der Waals surface area contributed by atoms with Crippen LogP contribution < -0.4 is 4.74 Å². The molecule has 1 amide bonds. The average Bonchev–Trinajstić information content (AvgIpc) is 3.79. The lowest BCUT2D eigenvalue weighted by Crippen LogP contribution is -2.34. The number of methoxy groups -OCH3 is 1. The van der Waals surface area contributed by atoms with E-state index in [1.165, 1.54) is 43.2 Å². The maximum Gasteiger partial charge on any atom is 0.215 e. The van der Waals surface area contributed by atoms with Crippen LogP contribution in [0.4, 0.5) is 0 Å². The number of hydrogen-bond donors (Lipinski definition) is 0. The Morgan fingerprint density at radius 1 is 1.15 bits per heavy atom. The first-order chi connectivity index (χ1) is 16.6. The van der Waals surface area contributed by atoms with E-state index in [0.717, 1.165) is 80.0 Å². The molecule has 3 fully saturated rings. The highest BCUT2D eigenvalue weighted by molar-refractivity contribution is 8.13. The molecule has 0 saturated heterocycles. The molecule has 5 nitrogen and oxygen atoms in total. The van der Waals surface area contributed by atoms with Crippen molar-refractivity contribution in [1.82, 2.24) is 4.90 Å². The average molecular weight is 485 g/mol. The number of ether oxygens (including phenoxy) is 2. The second kappa shape index (κ2) is 10.6. The smallest absolute Gasteiger partial charge is 0.215 e. The number of fused-ring (bicyclic) bond motifs is 1. The summed E-state index contributed by atoms with van der Waals surface area (Å²) >= 11 is 1.75. The Morgan fingerprint density at radius 2 is 1.88 bits per heavy atom. The number of amides is 1. The summed E-state index contributed by atoms with van der Waals surface area (Å²) in [4.78, 5) is 18.8. The Balaban J connectivity index is 1.40. The van der Waals surface area contributed by atoms with E-state index in [4.69, 9.17) is 14.5 Å². The molecule has 0 aromatic heterocycles. The minimum Gasteiger partial charge on any atom is -0.494 e. The van der Waals surface area contributed by atoms with Gasteiger partial charge in [-0.05, 0) is 80.0 Å². The summed E-state index contributed by atoms with van der Waals surface area (Å²) in [7, 11) is 3.68. The summed E-state index contributed by atoms with van der Waals surface area (Å²) < 4.78 is 11.9. The zero-order valence-electron chi connectivity index (χ0n) is 20.8. The number of rotatable bonds is 10. The Morgan fingerprint density at radius 3 is 2.56 bits per heavy atom. The van der Waals surface area contributed by atoms with Crippen LogP contribution in [-0.4, -0.2) is 49.1 Å². The van der Waals surface area contributed by atoms with E-state index in [9.17, 15) is 4.79 Å². The Kier molecular flexibility index (Phi) is 7.55. The largest absolute Gasteiger partial charge is 0.494 e. The molecule has 0 bridgehead atoms. The first kappa shape index (κ1) is 24.2. The summed E-state index contributed by atoms with van der Waals surface area (Å²) in [6.45, 7) is 0.800. The van der Waals surface area contributed by atoms with E-state index in [2.05, 4.69) is 18.2 Å². The molecular weight excluding hydrogens is 444 g/mol. The van der Waals surface area contributed by atoms with Crippen LogP contribution in [0.25, 0.3) is 0 Å². The van der Waals surface area contributed by atoms with Gasteiger partial charge in [-0.15, -0.1) is 0 Å². The van der Waals surface area contributed by atoms with E-state index < -0.39 is 0 Å². The van der Waals surface area contributed by atoms with Gasteiger partial charge in [-0.2, -0.15) is 0 Å². The monoisotopic (exact) mass is 484 g/mol. The van der Waals surface area contributed by atoms with Gasteiger partial charge in [0.05, 0.1) is 18.8 Å². The molecule has 1 unspecified atom stereocenters. The number of carbonyl (C=O) groups is 1. The fourth-order valence-electron chi connectivity index (χ4n) is 5.80. The van der Waals surface area contributed by atoms with Gasteiger partial charge < -0.3 is 9.47 Å². The fraction of sp³-hybridized carbons (Fsp3) is 0.714. The van der Waals surface area contributed by atoms with Crippen LogP contribution >= 0.6 is 11.8 Å². The van der Waals surface area contributed by atoms with Crippen molar-refractivity contribution in [3.05, 3.63) is 29.3 Å². The van der Waals surface area contributed by atoms with Crippen LogP contribution in [0.3, 0.4) is 0 Å². The summed E-state index contributed by atoms with van der Waals surface area (Å²) in [5.74, 6) is 3.76. The molecular formula is C28H40N2O3S. The maximum atomic E-state index is 11.8. The molecule has 34 heavy (non-hydrogen) atoms. The zero-order chi connectivity index (χ0) is 23.5. The Labute approximate surface area is 209 Å². The molecule has 4 aliphatic carbocycles. The van der Waals surface area contributed by atoms with Crippen molar-refractivity contribution >= 4 is 23.3 Å². The maximum absolute atomic E-state index is 11.8. The summed E-state index contributed by atoms with van der Waals surface area (Å²) in [5.41, 5.74) is 2.81. The van der Waals surface area contributed by atoms with Gasteiger partial charge in [-0.25, -0.2) is 0 Å². The van der Waals surface area contributed by atoms with Gasteiger partial charge >= 0.3 is 0 Å². The third-order valence-corrected chi connectivity index (χ3v) is 9.53. The van der Waals surface area contributed by atoms with Crippen molar-refractivity contribution in [3.63, 3.8) is 0 Å². The van der Waals surface area contributed by atoms with Crippen molar-refractivity contribution in [2.24, 2.45) is 22.2 Å². The van der Waals surface area contributed by atoms with Gasteiger partial charge in [0.25, 0.3) is 0 Å². The highest BCUT2D eigenvalue weighted by Crippen LogP contribution is 2.57. The number of thioether (sulfide) groups is 1. The molecule has 0 radical (unpaired) electrons. The Hall–Kier alpha value is -1.53. The van der Waals surface area contributed by atoms with Gasteiger partial charge in [0.1, 0.15) is 5.75 Å². The molecule has 1 atom stereocenters. The minimum atomic E-state index is 0.0677. The van der Waals surface area contributed by atoms with Crippen molar-refractivity contribution in [1.29, 1.82) is 0 Å². The zero-order valence-corrected chi connectivity index (χ0v) is 21.7. The fourth-order valence-corrected chi connectivity index (χ4v) is 6.86. The topological polar surface area (TPSA) is 51.1 Å². The number of benzene rings is 1. The molecule has 0 aliphatic heterocycles. The number of carbonyl (C=O) groups excluding carboxylic acids is 1. The molecule has 1 aromatic rings. The predicted octanol–water partition coefficient (Wildman–Crippen LogP) is 6.02. The Bertz CT molecular complexity index is 888. The van der Waals surface area contributed by atoms with E-state index in [0.29, 0.717) is 6.10 Å². The molecule has 0 N–H and O–H groups in total. The van der Waals surface area contributed by atoms with Gasteiger partial charge in [-0.3, -0.25) is 14.7 Å². The van der Waals surface area contributed by atoms with Crippen molar-refractivity contribution in [2.45, 2.75) is 82.8 Å². The minimum absolute atomic E-state index is 0.0677. The third-order valence-electron chi connectivity index (χ3n) is 8.44. The van der Waals surface area contributed by atoms with E-state index in [1.807, 2.05) is 14.2 Å². The van der Waals surface area contributed by atoms with Crippen LogP contribution in [0.1, 0.15) is 81.4 Å². The normalized spacial score (nSPS) is 28.7. The molecule has 1 spiro atoms. The van der Waals surface area contributed by atoms with E-state index >= 15 is 0 Å². The van der Waals surface area contributed by atoms with Gasteiger partial charge in [0.15, 0.2) is 5.17 Å². The highest BCUT2D eigenvalue weighted by atomic mass is 32.2. The second-order valence-electron chi connectivity index (χ2n) is 11.0. The first-order valence-corrected chi connectivity index (χ1v) is 14.3. The van der Waals surface area contributed by atoms with Crippen molar-refractivity contribution < 1.29 is 14.3 Å². The molecule has 5 rings (SSSR count). The number of hydrogen-bond acceptors (Lipinski definition) is 5. The first-order valence-electron chi connectivity index (χ1n) is 13.3.